The number of sulfone groups is 1. The molecule has 4 nitrogen and oxygen atoms in total. The Morgan fingerprint density at radius 1 is 1.09 bits per heavy atom. The third-order valence-corrected chi connectivity index (χ3v) is 7.88. The Labute approximate surface area is 134 Å². The van der Waals surface area contributed by atoms with Crippen molar-refractivity contribution in [2.45, 2.75) is 51.9 Å². The minimum Gasteiger partial charge on any atom is -0.342 e. The fourth-order valence-electron chi connectivity index (χ4n) is 4.39. The maximum absolute atomic E-state index is 12.6. The first-order valence-electron chi connectivity index (χ1n) is 8.97. The van der Waals surface area contributed by atoms with Gasteiger partial charge in [-0.25, -0.2) is 8.42 Å². The normalized spacial score (nSPS) is 28.0. The summed E-state index contributed by atoms with van der Waals surface area (Å²) in [7, 11) is -2.73. The summed E-state index contributed by atoms with van der Waals surface area (Å²) in [6, 6.07) is 0. The van der Waals surface area contributed by atoms with Gasteiger partial charge in [-0.1, -0.05) is 39.0 Å². The van der Waals surface area contributed by atoms with Gasteiger partial charge < -0.3 is 4.90 Å². The predicted octanol–water partition coefficient (Wildman–Crippen LogP) is 2.49. The number of nitrogens with zero attached hydrogens (tertiary/aromatic N) is 1. The zero-order valence-electron chi connectivity index (χ0n) is 13.7. The average molecular weight is 327 g/mol. The first-order chi connectivity index (χ1) is 10.5. The van der Waals surface area contributed by atoms with Crippen molar-refractivity contribution in [3.05, 3.63) is 0 Å². The Bertz CT molecular complexity index is 492. The molecule has 1 atom stereocenters. The van der Waals surface area contributed by atoms with Crippen LogP contribution in [0.2, 0.25) is 0 Å². The Kier molecular flexibility index (Phi) is 4.81. The van der Waals surface area contributed by atoms with Crippen LogP contribution in [0.4, 0.5) is 0 Å². The fraction of sp³-hybridized carbons (Fsp3) is 0.941. The molecule has 0 radical (unpaired) electrons. The van der Waals surface area contributed by atoms with Gasteiger partial charge in [-0.05, 0) is 30.6 Å². The summed E-state index contributed by atoms with van der Waals surface area (Å²) in [6.07, 6.45) is 8.62. The van der Waals surface area contributed by atoms with Crippen LogP contribution in [0.25, 0.3) is 0 Å². The van der Waals surface area contributed by atoms with Gasteiger partial charge in [0.15, 0.2) is 9.84 Å². The molecule has 126 valence electrons. The standard InChI is InChI=1S/C17H29NO3S/c1-2-14(8-13-6-4-3-5-7-13)17(19)18-9-15(10-18)16-11-22(20,21)12-16/h13-16H,2-12H2,1H3/t14-/m0/s1. The highest BCUT2D eigenvalue weighted by Gasteiger charge is 2.45. The highest BCUT2D eigenvalue weighted by molar-refractivity contribution is 7.92. The molecule has 2 heterocycles. The average Bonchev–Trinajstić information content (AvgIpc) is 2.42. The summed E-state index contributed by atoms with van der Waals surface area (Å²) in [6.45, 7) is 3.71. The molecular weight excluding hydrogens is 298 g/mol. The molecule has 0 aromatic rings. The van der Waals surface area contributed by atoms with Gasteiger partial charge >= 0.3 is 0 Å². The van der Waals surface area contributed by atoms with Crippen molar-refractivity contribution in [2.75, 3.05) is 24.6 Å². The lowest BCUT2D eigenvalue weighted by molar-refractivity contribution is -0.144. The molecule has 1 aliphatic carbocycles. The minimum atomic E-state index is -2.73. The van der Waals surface area contributed by atoms with Crippen LogP contribution in [0.5, 0.6) is 0 Å². The van der Waals surface area contributed by atoms with E-state index in [9.17, 15) is 13.2 Å². The highest BCUT2D eigenvalue weighted by Crippen LogP contribution is 2.35. The second kappa shape index (κ2) is 6.50. The quantitative estimate of drug-likeness (QED) is 0.779. The van der Waals surface area contributed by atoms with Crippen LogP contribution in [-0.4, -0.2) is 43.8 Å². The van der Waals surface area contributed by atoms with Crippen LogP contribution in [-0.2, 0) is 14.6 Å². The monoisotopic (exact) mass is 327 g/mol. The van der Waals surface area contributed by atoms with Gasteiger partial charge in [0.05, 0.1) is 11.5 Å². The van der Waals surface area contributed by atoms with E-state index in [0.717, 1.165) is 31.8 Å². The van der Waals surface area contributed by atoms with Crippen molar-refractivity contribution >= 4 is 15.7 Å². The first kappa shape index (κ1) is 16.3. The highest BCUT2D eigenvalue weighted by atomic mass is 32.2. The lowest BCUT2D eigenvalue weighted by atomic mass is 9.80. The lowest BCUT2D eigenvalue weighted by Crippen LogP contribution is -2.58. The van der Waals surface area contributed by atoms with E-state index in [4.69, 9.17) is 0 Å². The van der Waals surface area contributed by atoms with Crippen LogP contribution in [0.15, 0.2) is 0 Å². The maximum atomic E-state index is 12.6. The Balaban J connectivity index is 1.44. The van der Waals surface area contributed by atoms with E-state index >= 15 is 0 Å². The van der Waals surface area contributed by atoms with Gasteiger partial charge in [0.25, 0.3) is 0 Å². The summed E-state index contributed by atoms with van der Waals surface area (Å²) in [4.78, 5) is 14.6. The molecule has 2 saturated heterocycles. The number of carbonyl (C=O) groups is 1. The Hall–Kier alpha value is -0.580. The topological polar surface area (TPSA) is 54.5 Å². The van der Waals surface area contributed by atoms with E-state index in [-0.39, 0.29) is 5.92 Å². The third kappa shape index (κ3) is 3.50. The molecule has 5 heteroatoms. The fourth-order valence-corrected chi connectivity index (χ4v) is 6.14. The minimum absolute atomic E-state index is 0.189. The second-order valence-electron chi connectivity index (χ2n) is 7.69. The molecular formula is C17H29NO3S. The van der Waals surface area contributed by atoms with E-state index in [0.29, 0.717) is 29.2 Å². The summed E-state index contributed by atoms with van der Waals surface area (Å²) >= 11 is 0. The Morgan fingerprint density at radius 3 is 2.27 bits per heavy atom. The molecule has 3 aliphatic rings. The van der Waals surface area contributed by atoms with Crippen LogP contribution in [0, 0.1) is 23.7 Å². The van der Waals surface area contributed by atoms with Crippen LogP contribution >= 0.6 is 0 Å². The van der Waals surface area contributed by atoms with Crippen molar-refractivity contribution < 1.29 is 13.2 Å². The largest absolute Gasteiger partial charge is 0.342 e. The second-order valence-corrected chi connectivity index (χ2v) is 9.84. The number of hydrogen-bond donors (Lipinski definition) is 0. The maximum Gasteiger partial charge on any atom is 0.225 e. The van der Waals surface area contributed by atoms with Gasteiger partial charge in [0, 0.05) is 19.0 Å². The summed E-state index contributed by atoms with van der Waals surface area (Å²) in [5, 5.41) is 0. The van der Waals surface area contributed by atoms with Crippen LogP contribution < -0.4 is 0 Å². The molecule has 22 heavy (non-hydrogen) atoms. The predicted molar refractivity (Wildman–Crippen MR) is 87.2 cm³/mol. The summed E-state index contributed by atoms with van der Waals surface area (Å²) < 4.78 is 22.5. The number of rotatable bonds is 5. The molecule has 0 unspecified atom stereocenters. The van der Waals surface area contributed by atoms with Crippen LogP contribution in [0.3, 0.4) is 0 Å². The number of hydrogen-bond acceptors (Lipinski definition) is 3. The Morgan fingerprint density at radius 2 is 1.73 bits per heavy atom. The zero-order valence-corrected chi connectivity index (χ0v) is 14.5. The lowest BCUT2D eigenvalue weighted by Gasteiger charge is -2.47. The SMILES string of the molecule is CC[C@@H](CC1CCCCC1)C(=O)N1CC(C2CS(=O)(=O)C2)C1. The third-order valence-electron chi connectivity index (χ3n) is 6.01. The molecule has 3 fully saturated rings. The van der Waals surface area contributed by atoms with Gasteiger partial charge in [0.1, 0.15) is 0 Å². The van der Waals surface area contributed by atoms with Crippen molar-refractivity contribution in [3.63, 3.8) is 0 Å². The molecule has 1 amide bonds. The zero-order chi connectivity index (χ0) is 15.7. The van der Waals surface area contributed by atoms with Crippen molar-refractivity contribution in [1.82, 2.24) is 4.90 Å². The van der Waals surface area contributed by atoms with E-state index in [1.54, 1.807) is 0 Å². The van der Waals surface area contributed by atoms with Gasteiger partial charge in [-0.15, -0.1) is 0 Å². The molecule has 0 N–H and O–H groups in total. The molecule has 1 saturated carbocycles. The van der Waals surface area contributed by atoms with E-state index in [2.05, 4.69) is 6.92 Å². The van der Waals surface area contributed by atoms with Gasteiger partial charge in [-0.3, -0.25) is 4.79 Å². The van der Waals surface area contributed by atoms with E-state index in [1.807, 2.05) is 4.90 Å². The van der Waals surface area contributed by atoms with Crippen molar-refractivity contribution in [2.24, 2.45) is 23.7 Å². The first-order valence-corrected chi connectivity index (χ1v) is 10.8. The van der Waals surface area contributed by atoms with E-state index in [1.165, 1.54) is 32.1 Å². The van der Waals surface area contributed by atoms with E-state index < -0.39 is 9.84 Å². The molecule has 0 aromatic heterocycles. The van der Waals surface area contributed by atoms with Crippen LogP contribution in [0.1, 0.15) is 51.9 Å². The molecule has 2 aliphatic heterocycles. The van der Waals surface area contributed by atoms with Gasteiger partial charge in [0.2, 0.25) is 5.91 Å². The van der Waals surface area contributed by atoms with Gasteiger partial charge in [-0.2, -0.15) is 0 Å². The molecule has 0 spiro atoms. The summed E-state index contributed by atoms with van der Waals surface area (Å²) in [5.74, 6) is 2.70. The smallest absolute Gasteiger partial charge is 0.225 e. The number of likely N-dealkylation sites (tertiary alicyclic amines) is 1. The molecule has 0 aromatic carbocycles. The molecule has 3 rings (SSSR count). The number of amides is 1. The molecule has 0 bridgehead atoms. The summed E-state index contributed by atoms with van der Waals surface area (Å²) in [5.41, 5.74) is 0. The number of carbonyl (C=O) groups excluding carboxylic acids is 1. The van der Waals surface area contributed by atoms with Crippen molar-refractivity contribution in [3.8, 4) is 0 Å². The van der Waals surface area contributed by atoms with Crippen molar-refractivity contribution in [1.29, 1.82) is 0 Å².